The minimum Gasteiger partial charge on any atom is -0.359 e. The molecular weight excluding hydrogens is 244 g/mol. The summed E-state index contributed by atoms with van der Waals surface area (Å²) in [5.74, 6) is 0.633. The molecule has 1 aromatic carbocycles. The van der Waals surface area contributed by atoms with Gasteiger partial charge in [0.15, 0.2) is 0 Å². The van der Waals surface area contributed by atoms with E-state index in [1.165, 1.54) is 11.1 Å². The van der Waals surface area contributed by atoms with Gasteiger partial charge in [0.2, 0.25) is 0 Å². The molecule has 1 atom stereocenters. The molecule has 2 nitrogen and oxygen atoms in total. The van der Waals surface area contributed by atoms with Crippen molar-refractivity contribution in [3.05, 3.63) is 47.7 Å². The highest BCUT2D eigenvalue weighted by atomic mass is 15.2. The van der Waals surface area contributed by atoms with E-state index in [1.807, 2.05) is 12.5 Å². The molecule has 108 valence electrons. The Morgan fingerprint density at radius 1 is 1.20 bits per heavy atom. The lowest BCUT2D eigenvalue weighted by molar-refractivity contribution is 0.382. The monoisotopic (exact) mass is 270 g/mol. The van der Waals surface area contributed by atoms with Crippen molar-refractivity contribution in [3.63, 3.8) is 0 Å². The molecule has 0 N–H and O–H groups in total. The van der Waals surface area contributed by atoms with Gasteiger partial charge in [-0.05, 0) is 35.0 Å². The van der Waals surface area contributed by atoms with Gasteiger partial charge in [0.25, 0.3) is 0 Å². The van der Waals surface area contributed by atoms with Crippen LogP contribution in [-0.2, 0) is 11.8 Å². The smallest absolute Gasteiger partial charge is 0.0907 e. The molecule has 0 fully saturated rings. The van der Waals surface area contributed by atoms with E-state index in [2.05, 4.69) is 67.9 Å². The summed E-state index contributed by atoms with van der Waals surface area (Å²) >= 11 is 0. The fourth-order valence-corrected chi connectivity index (χ4v) is 2.55. The van der Waals surface area contributed by atoms with E-state index in [0.717, 1.165) is 19.5 Å². The van der Waals surface area contributed by atoms with Gasteiger partial charge in [0.05, 0.1) is 6.34 Å². The first-order chi connectivity index (χ1) is 9.45. The lowest BCUT2D eigenvalue weighted by atomic mass is 9.86. The topological polar surface area (TPSA) is 15.6 Å². The molecule has 1 aliphatic heterocycles. The highest BCUT2D eigenvalue weighted by molar-refractivity contribution is 5.57. The van der Waals surface area contributed by atoms with Crippen molar-refractivity contribution in [3.8, 4) is 0 Å². The maximum absolute atomic E-state index is 4.18. The van der Waals surface area contributed by atoms with Crippen LogP contribution in [0.25, 0.3) is 0 Å². The van der Waals surface area contributed by atoms with E-state index in [4.69, 9.17) is 0 Å². The Labute approximate surface area is 123 Å². The number of aliphatic imine (C=N–C) groups is 1. The molecular formula is C18H26N2. The summed E-state index contributed by atoms with van der Waals surface area (Å²) < 4.78 is 0. The molecule has 0 amide bonds. The Hall–Kier alpha value is -1.57. The number of rotatable bonds is 4. The van der Waals surface area contributed by atoms with Crippen LogP contribution in [0.1, 0.15) is 38.8 Å². The Balaban J connectivity index is 1.89. The van der Waals surface area contributed by atoms with E-state index in [0.29, 0.717) is 5.92 Å². The maximum atomic E-state index is 4.18. The third kappa shape index (κ3) is 4.22. The fourth-order valence-electron chi connectivity index (χ4n) is 2.55. The fraction of sp³-hybridized carbons (Fsp3) is 0.500. The standard InChI is InChI=1S/C18H26N2/c1-15(13-20-11-5-10-19-14-20)12-16-6-8-17(9-7-16)18(2,3)4/h5-10,14-15H,11-13H2,1-4H3. The SMILES string of the molecule is CC(Cc1ccc(C(C)(C)C)cc1)CN1C=NC=CC1. The van der Waals surface area contributed by atoms with Crippen molar-refractivity contribution in [1.29, 1.82) is 0 Å². The number of benzene rings is 1. The molecule has 2 rings (SSSR count). The van der Waals surface area contributed by atoms with Gasteiger partial charge in [-0.25, -0.2) is 4.99 Å². The van der Waals surface area contributed by atoms with E-state index in [1.54, 1.807) is 0 Å². The first kappa shape index (κ1) is 14.8. The zero-order valence-corrected chi connectivity index (χ0v) is 13.1. The first-order valence-electron chi connectivity index (χ1n) is 7.47. The largest absolute Gasteiger partial charge is 0.359 e. The van der Waals surface area contributed by atoms with Crippen molar-refractivity contribution < 1.29 is 0 Å². The van der Waals surface area contributed by atoms with Gasteiger partial charge in [-0.1, -0.05) is 52.0 Å². The second-order valence-corrected chi connectivity index (χ2v) is 6.86. The van der Waals surface area contributed by atoms with Crippen LogP contribution in [0.4, 0.5) is 0 Å². The molecule has 0 spiro atoms. The van der Waals surface area contributed by atoms with Crippen molar-refractivity contribution in [2.45, 2.75) is 39.5 Å². The van der Waals surface area contributed by atoms with Crippen LogP contribution in [0.2, 0.25) is 0 Å². The lowest BCUT2D eigenvalue weighted by Crippen LogP contribution is -2.29. The summed E-state index contributed by atoms with van der Waals surface area (Å²) in [6.45, 7) is 11.1. The van der Waals surface area contributed by atoms with Crippen molar-refractivity contribution in [2.24, 2.45) is 10.9 Å². The summed E-state index contributed by atoms with van der Waals surface area (Å²) in [5.41, 5.74) is 3.07. The molecule has 0 saturated heterocycles. The van der Waals surface area contributed by atoms with E-state index < -0.39 is 0 Å². The average Bonchev–Trinajstić information content (AvgIpc) is 2.39. The molecule has 0 saturated carbocycles. The molecule has 20 heavy (non-hydrogen) atoms. The van der Waals surface area contributed by atoms with E-state index in [-0.39, 0.29) is 5.41 Å². The third-order valence-electron chi connectivity index (χ3n) is 3.71. The van der Waals surface area contributed by atoms with Crippen LogP contribution in [0.3, 0.4) is 0 Å². The van der Waals surface area contributed by atoms with Gasteiger partial charge >= 0.3 is 0 Å². The molecule has 1 aliphatic rings. The number of nitrogens with zero attached hydrogens (tertiary/aromatic N) is 2. The van der Waals surface area contributed by atoms with E-state index >= 15 is 0 Å². The van der Waals surface area contributed by atoms with Gasteiger partial charge in [-0.15, -0.1) is 0 Å². The van der Waals surface area contributed by atoms with Crippen LogP contribution in [-0.4, -0.2) is 24.3 Å². The molecule has 1 heterocycles. The van der Waals surface area contributed by atoms with Crippen LogP contribution >= 0.6 is 0 Å². The minimum atomic E-state index is 0.237. The normalized spacial score (nSPS) is 16.5. The number of hydrogen-bond acceptors (Lipinski definition) is 2. The zero-order valence-electron chi connectivity index (χ0n) is 13.1. The number of hydrogen-bond donors (Lipinski definition) is 0. The highest BCUT2D eigenvalue weighted by Crippen LogP contribution is 2.23. The van der Waals surface area contributed by atoms with Crippen LogP contribution in [0.5, 0.6) is 0 Å². The molecule has 0 bridgehead atoms. The van der Waals surface area contributed by atoms with Gasteiger partial charge in [0, 0.05) is 19.3 Å². The lowest BCUT2D eigenvalue weighted by Gasteiger charge is -2.24. The van der Waals surface area contributed by atoms with Gasteiger partial charge < -0.3 is 4.90 Å². The zero-order chi connectivity index (χ0) is 14.6. The molecule has 0 aromatic heterocycles. The van der Waals surface area contributed by atoms with Crippen LogP contribution in [0.15, 0.2) is 41.5 Å². The molecule has 0 radical (unpaired) electrons. The molecule has 2 heteroatoms. The first-order valence-corrected chi connectivity index (χ1v) is 7.47. The predicted molar refractivity (Wildman–Crippen MR) is 87.2 cm³/mol. The molecule has 1 unspecified atom stereocenters. The summed E-state index contributed by atoms with van der Waals surface area (Å²) in [6, 6.07) is 9.10. The quantitative estimate of drug-likeness (QED) is 0.807. The average molecular weight is 270 g/mol. The summed E-state index contributed by atoms with van der Waals surface area (Å²) in [4.78, 5) is 6.45. The molecule has 0 aliphatic carbocycles. The summed E-state index contributed by atoms with van der Waals surface area (Å²) in [6.07, 6.45) is 7.04. The minimum absolute atomic E-state index is 0.237. The summed E-state index contributed by atoms with van der Waals surface area (Å²) in [5, 5.41) is 0. The van der Waals surface area contributed by atoms with Gasteiger partial charge in [-0.3, -0.25) is 0 Å². The second-order valence-electron chi connectivity index (χ2n) is 6.86. The predicted octanol–water partition coefficient (Wildman–Crippen LogP) is 4.02. The third-order valence-corrected chi connectivity index (χ3v) is 3.71. The van der Waals surface area contributed by atoms with Gasteiger partial charge in [0.1, 0.15) is 0 Å². The van der Waals surface area contributed by atoms with Crippen LogP contribution < -0.4 is 0 Å². The van der Waals surface area contributed by atoms with E-state index in [9.17, 15) is 0 Å². The van der Waals surface area contributed by atoms with Crippen LogP contribution in [0, 0.1) is 5.92 Å². The summed E-state index contributed by atoms with van der Waals surface area (Å²) in [7, 11) is 0. The van der Waals surface area contributed by atoms with Gasteiger partial charge in [-0.2, -0.15) is 0 Å². The van der Waals surface area contributed by atoms with Crippen molar-refractivity contribution >= 4 is 6.34 Å². The maximum Gasteiger partial charge on any atom is 0.0907 e. The van der Waals surface area contributed by atoms with Crippen molar-refractivity contribution in [2.75, 3.05) is 13.1 Å². The Morgan fingerprint density at radius 3 is 2.45 bits per heavy atom. The Bertz CT molecular complexity index is 477. The Morgan fingerprint density at radius 2 is 1.90 bits per heavy atom. The highest BCUT2D eigenvalue weighted by Gasteiger charge is 2.14. The van der Waals surface area contributed by atoms with Crippen molar-refractivity contribution in [1.82, 2.24) is 4.90 Å². The molecule has 1 aromatic rings. The second kappa shape index (κ2) is 6.25. The Kier molecular flexibility index (Phi) is 4.64.